The van der Waals surface area contributed by atoms with Crippen molar-refractivity contribution in [2.45, 2.75) is 27.7 Å². The Morgan fingerprint density at radius 2 is 1.62 bits per heavy atom. The molecule has 3 rings (SSSR count). The molecule has 0 aliphatic rings. The highest BCUT2D eigenvalue weighted by Gasteiger charge is 2.14. The van der Waals surface area contributed by atoms with Crippen LogP contribution in [0.4, 0.5) is 17.1 Å². The minimum atomic E-state index is -0.867. The molecule has 0 bridgehead atoms. The van der Waals surface area contributed by atoms with Crippen LogP contribution in [0.1, 0.15) is 27.8 Å². The summed E-state index contributed by atoms with van der Waals surface area (Å²) in [6, 6.07) is 16.9. The molecule has 164 valence electrons. The van der Waals surface area contributed by atoms with Crippen molar-refractivity contribution in [2.75, 3.05) is 10.6 Å². The second-order valence-electron chi connectivity index (χ2n) is 7.58. The number of anilines is 3. The normalized spacial score (nSPS) is 10.8. The number of hydrazone groups is 1. The Labute approximate surface area is 192 Å². The van der Waals surface area contributed by atoms with Gasteiger partial charge in [-0.3, -0.25) is 9.59 Å². The molecule has 0 atom stereocenters. The predicted octanol–water partition coefficient (Wildman–Crippen LogP) is 5.41. The Kier molecular flexibility index (Phi) is 7.28. The van der Waals surface area contributed by atoms with E-state index in [2.05, 4.69) is 21.2 Å². The lowest BCUT2D eigenvalue weighted by Crippen LogP contribution is -2.32. The lowest BCUT2D eigenvalue weighted by atomic mass is 10.1. The predicted molar refractivity (Wildman–Crippen MR) is 131 cm³/mol. The summed E-state index contributed by atoms with van der Waals surface area (Å²) in [6.45, 7) is 7.85. The van der Waals surface area contributed by atoms with Crippen LogP contribution >= 0.6 is 11.6 Å². The number of hydrogen-bond donors (Lipinski definition) is 3. The third-order valence-electron chi connectivity index (χ3n) is 5.10. The lowest BCUT2D eigenvalue weighted by Gasteiger charge is -2.13. The molecule has 0 heterocycles. The molecule has 3 N–H and O–H groups in total. The van der Waals surface area contributed by atoms with Gasteiger partial charge in [-0.1, -0.05) is 35.9 Å². The highest BCUT2D eigenvalue weighted by molar-refractivity contribution is 6.39. The zero-order chi connectivity index (χ0) is 23.3. The van der Waals surface area contributed by atoms with Crippen LogP contribution < -0.4 is 16.1 Å². The second kappa shape index (κ2) is 10.1. The van der Waals surface area contributed by atoms with E-state index in [4.69, 9.17) is 11.6 Å². The van der Waals surface area contributed by atoms with Crippen molar-refractivity contribution in [2.24, 2.45) is 5.10 Å². The van der Waals surface area contributed by atoms with Crippen molar-refractivity contribution < 1.29 is 9.59 Å². The fraction of sp³-hybridized carbons (Fsp3) is 0.160. The number of carbonyl (C=O) groups is 2. The minimum Gasteiger partial charge on any atom is -0.355 e. The van der Waals surface area contributed by atoms with Gasteiger partial charge in [-0.05, 0) is 80.3 Å². The number of aryl methyl sites for hydroxylation is 3. The zero-order valence-electron chi connectivity index (χ0n) is 18.4. The Balaban J connectivity index is 1.71. The van der Waals surface area contributed by atoms with Gasteiger partial charge in [0.2, 0.25) is 0 Å². The first-order valence-electron chi connectivity index (χ1n) is 10.1. The maximum absolute atomic E-state index is 12.2. The molecule has 0 radical (unpaired) electrons. The van der Waals surface area contributed by atoms with Gasteiger partial charge in [0.05, 0.1) is 6.21 Å². The van der Waals surface area contributed by atoms with Crippen molar-refractivity contribution in [3.8, 4) is 0 Å². The highest BCUT2D eigenvalue weighted by Crippen LogP contribution is 2.26. The monoisotopic (exact) mass is 448 g/mol. The fourth-order valence-corrected chi connectivity index (χ4v) is 3.23. The molecule has 7 heteroatoms. The average molecular weight is 449 g/mol. The quantitative estimate of drug-likeness (QED) is 0.277. The van der Waals surface area contributed by atoms with Gasteiger partial charge in [-0.15, -0.1) is 0 Å². The van der Waals surface area contributed by atoms with Crippen LogP contribution in [0.5, 0.6) is 0 Å². The average Bonchev–Trinajstić information content (AvgIpc) is 2.75. The van der Waals surface area contributed by atoms with Crippen molar-refractivity contribution in [3.63, 3.8) is 0 Å². The summed E-state index contributed by atoms with van der Waals surface area (Å²) in [5.41, 5.74) is 9.37. The molecule has 0 unspecified atom stereocenters. The van der Waals surface area contributed by atoms with Crippen LogP contribution in [0.25, 0.3) is 0 Å². The van der Waals surface area contributed by atoms with Crippen LogP contribution in [0.15, 0.2) is 59.7 Å². The van der Waals surface area contributed by atoms with E-state index in [0.717, 1.165) is 33.6 Å². The molecule has 3 aromatic carbocycles. The summed E-state index contributed by atoms with van der Waals surface area (Å²) in [7, 11) is 0. The molecule has 3 aromatic rings. The maximum atomic E-state index is 12.2. The second-order valence-corrected chi connectivity index (χ2v) is 8.01. The van der Waals surface area contributed by atoms with E-state index in [-0.39, 0.29) is 0 Å². The summed E-state index contributed by atoms with van der Waals surface area (Å²) in [5.74, 6) is -1.66. The first-order valence-corrected chi connectivity index (χ1v) is 10.5. The summed E-state index contributed by atoms with van der Waals surface area (Å²) in [6.07, 6.45) is 1.45. The number of carbonyl (C=O) groups excluding carboxylic acids is 2. The highest BCUT2D eigenvalue weighted by atomic mass is 35.5. The van der Waals surface area contributed by atoms with Crippen molar-refractivity contribution in [1.82, 2.24) is 5.43 Å². The Bertz CT molecular complexity index is 1200. The van der Waals surface area contributed by atoms with E-state index in [1.165, 1.54) is 6.21 Å². The van der Waals surface area contributed by atoms with Crippen LogP contribution in [0, 0.1) is 27.7 Å². The van der Waals surface area contributed by atoms with Gasteiger partial charge in [0.25, 0.3) is 0 Å². The molecule has 0 aliphatic heterocycles. The molecule has 0 aliphatic carbocycles. The number of nitrogens with zero attached hydrogens (tertiary/aromatic N) is 1. The van der Waals surface area contributed by atoms with Gasteiger partial charge in [-0.2, -0.15) is 5.10 Å². The summed E-state index contributed by atoms with van der Waals surface area (Å²) < 4.78 is 0. The van der Waals surface area contributed by atoms with Gasteiger partial charge < -0.3 is 10.6 Å². The van der Waals surface area contributed by atoms with Gasteiger partial charge >= 0.3 is 11.8 Å². The minimum absolute atomic E-state index is 0.525. The van der Waals surface area contributed by atoms with E-state index in [9.17, 15) is 9.59 Å². The number of hydrogen-bond acceptors (Lipinski definition) is 4. The number of halogens is 1. The number of benzene rings is 3. The van der Waals surface area contributed by atoms with Crippen molar-refractivity contribution in [1.29, 1.82) is 0 Å². The molecule has 0 fully saturated rings. The third-order valence-corrected chi connectivity index (χ3v) is 5.34. The SMILES string of the molecule is Cc1ccc(C)c(Nc2ccc(Cl)cc2/C=N\NC(=O)C(=O)Nc2cccc(C)c2C)c1. The number of nitrogens with one attached hydrogen (secondary N) is 3. The van der Waals surface area contributed by atoms with Crippen molar-refractivity contribution in [3.05, 3.63) is 87.4 Å². The summed E-state index contributed by atoms with van der Waals surface area (Å²) >= 11 is 6.15. The molecule has 32 heavy (non-hydrogen) atoms. The molecular weight excluding hydrogens is 424 g/mol. The van der Waals surface area contributed by atoms with Crippen LogP contribution in [-0.4, -0.2) is 18.0 Å². The van der Waals surface area contributed by atoms with Gasteiger partial charge in [0.15, 0.2) is 0 Å². The van der Waals surface area contributed by atoms with E-state index in [1.54, 1.807) is 18.2 Å². The van der Waals surface area contributed by atoms with E-state index in [0.29, 0.717) is 16.3 Å². The molecule has 0 aromatic heterocycles. The number of amides is 2. The first kappa shape index (κ1) is 23.0. The van der Waals surface area contributed by atoms with Gasteiger partial charge in [0.1, 0.15) is 0 Å². The van der Waals surface area contributed by atoms with Crippen LogP contribution in [0.2, 0.25) is 5.02 Å². The molecular formula is C25H25ClN4O2. The third kappa shape index (κ3) is 5.74. The standard InChI is InChI=1S/C25H25ClN4O2/c1-15-8-9-17(3)23(12-15)28-22-11-10-20(26)13-19(22)14-27-30-25(32)24(31)29-21-7-5-6-16(2)18(21)4/h5-14,28H,1-4H3,(H,29,31)(H,30,32)/b27-14-. The molecule has 2 amide bonds. The van der Waals surface area contributed by atoms with Crippen LogP contribution in [0.3, 0.4) is 0 Å². The zero-order valence-corrected chi connectivity index (χ0v) is 19.2. The van der Waals surface area contributed by atoms with E-state index in [1.807, 2.05) is 64.1 Å². The summed E-state index contributed by atoms with van der Waals surface area (Å²) in [4.78, 5) is 24.4. The van der Waals surface area contributed by atoms with E-state index < -0.39 is 11.8 Å². The Hall–Kier alpha value is -3.64. The van der Waals surface area contributed by atoms with Gasteiger partial charge in [-0.25, -0.2) is 5.43 Å². The molecule has 0 spiro atoms. The largest absolute Gasteiger partial charge is 0.355 e. The Morgan fingerprint density at radius 3 is 2.41 bits per heavy atom. The molecule has 0 saturated heterocycles. The molecule has 6 nitrogen and oxygen atoms in total. The topological polar surface area (TPSA) is 82.6 Å². The maximum Gasteiger partial charge on any atom is 0.329 e. The van der Waals surface area contributed by atoms with E-state index >= 15 is 0 Å². The van der Waals surface area contributed by atoms with Gasteiger partial charge in [0, 0.05) is 27.6 Å². The summed E-state index contributed by atoms with van der Waals surface area (Å²) in [5, 5.41) is 10.4. The van der Waals surface area contributed by atoms with Crippen LogP contribution in [-0.2, 0) is 9.59 Å². The fourth-order valence-electron chi connectivity index (χ4n) is 3.05. The lowest BCUT2D eigenvalue weighted by molar-refractivity contribution is -0.136. The first-order chi connectivity index (χ1) is 15.2. The van der Waals surface area contributed by atoms with Crippen molar-refractivity contribution >= 4 is 46.7 Å². The number of rotatable bonds is 5. The Morgan fingerprint density at radius 1 is 0.844 bits per heavy atom. The smallest absolute Gasteiger partial charge is 0.329 e. The molecule has 0 saturated carbocycles.